The molecule has 1 fully saturated rings. The van der Waals surface area contributed by atoms with E-state index < -0.39 is 11.5 Å². The Balaban J connectivity index is 2.12. The molecule has 0 aromatic carbocycles. The summed E-state index contributed by atoms with van der Waals surface area (Å²) in [6.45, 7) is 4.13. The van der Waals surface area contributed by atoms with E-state index in [1.807, 2.05) is 0 Å². The van der Waals surface area contributed by atoms with Gasteiger partial charge in [0, 0.05) is 5.25 Å². The molecule has 1 rings (SSSR count). The number of unbranched alkanes of at least 4 members (excludes halogenated alkanes) is 1. The Bertz CT molecular complexity index is 285. The van der Waals surface area contributed by atoms with Crippen molar-refractivity contribution < 1.29 is 9.90 Å². The van der Waals surface area contributed by atoms with Crippen molar-refractivity contribution in [1.82, 2.24) is 5.32 Å². The normalized spacial score (nSPS) is 26.9. The van der Waals surface area contributed by atoms with E-state index in [4.69, 9.17) is 5.11 Å². The van der Waals surface area contributed by atoms with Gasteiger partial charge in [-0.2, -0.15) is 11.8 Å². The average molecular weight is 287 g/mol. The van der Waals surface area contributed by atoms with Gasteiger partial charge in [0.2, 0.25) is 0 Å². The van der Waals surface area contributed by atoms with Crippen molar-refractivity contribution >= 4 is 17.7 Å². The highest BCUT2D eigenvalue weighted by molar-refractivity contribution is 7.99. The highest BCUT2D eigenvalue weighted by Crippen LogP contribution is 2.32. The quantitative estimate of drug-likeness (QED) is 0.671. The van der Waals surface area contributed by atoms with Crippen LogP contribution in [0.3, 0.4) is 0 Å². The largest absolute Gasteiger partial charge is 0.480 e. The molecule has 0 spiro atoms. The van der Waals surface area contributed by atoms with Crippen LogP contribution >= 0.6 is 11.8 Å². The summed E-state index contributed by atoms with van der Waals surface area (Å²) in [6.07, 6.45) is 8.34. The second-order valence-electron chi connectivity index (χ2n) is 6.11. The molecule has 3 nitrogen and oxygen atoms in total. The second-order valence-corrected chi connectivity index (χ2v) is 7.52. The summed E-state index contributed by atoms with van der Waals surface area (Å²) < 4.78 is 0. The number of likely N-dealkylation sites (N-methyl/N-ethyl adjacent to an activating group) is 1. The zero-order valence-corrected chi connectivity index (χ0v) is 13.4. The molecule has 19 heavy (non-hydrogen) atoms. The van der Waals surface area contributed by atoms with Crippen molar-refractivity contribution in [1.29, 1.82) is 0 Å². The average Bonchev–Trinajstić information content (AvgIpc) is 2.38. The number of rotatable bonds is 8. The first-order chi connectivity index (χ1) is 8.98. The molecule has 0 bridgehead atoms. The van der Waals surface area contributed by atoms with Gasteiger partial charge >= 0.3 is 5.97 Å². The topological polar surface area (TPSA) is 49.3 Å². The minimum atomic E-state index is -0.760. The smallest absolute Gasteiger partial charge is 0.323 e. The summed E-state index contributed by atoms with van der Waals surface area (Å²) in [5, 5.41) is 12.9. The minimum absolute atomic E-state index is 0.709. The lowest BCUT2D eigenvalue weighted by Crippen LogP contribution is -2.47. The first kappa shape index (κ1) is 16.8. The molecule has 1 saturated carbocycles. The molecule has 0 aliphatic heterocycles. The predicted molar refractivity (Wildman–Crippen MR) is 82.8 cm³/mol. The van der Waals surface area contributed by atoms with Crippen molar-refractivity contribution in [3.05, 3.63) is 0 Å². The van der Waals surface area contributed by atoms with E-state index in [1.54, 1.807) is 14.0 Å². The first-order valence-corrected chi connectivity index (χ1v) is 8.56. The zero-order valence-electron chi connectivity index (χ0n) is 12.6. The molecule has 0 saturated heterocycles. The van der Waals surface area contributed by atoms with Crippen LogP contribution in [0.15, 0.2) is 0 Å². The van der Waals surface area contributed by atoms with E-state index in [0.717, 1.165) is 24.0 Å². The highest BCUT2D eigenvalue weighted by atomic mass is 32.2. The molecule has 0 aromatic rings. The maximum atomic E-state index is 11.1. The Hall–Kier alpha value is -0.220. The highest BCUT2D eigenvalue weighted by Gasteiger charge is 2.30. The van der Waals surface area contributed by atoms with Crippen molar-refractivity contribution in [2.45, 2.75) is 69.6 Å². The van der Waals surface area contributed by atoms with Crippen molar-refractivity contribution in [3.63, 3.8) is 0 Å². The fourth-order valence-electron chi connectivity index (χ4n) is 2.70. The Morgan fingerprint density at radius 2 is 2.16 bits per heavy atom. The number of hydrogen-bond acceptors (Lipinski definition) is 3. The number of aliphatic carboxylic acids is 1. The minimum Gasteiger partial charge on any atom is -0.480 e. The van der Waals surface area contributed by atoms with Gasteiger partial charge in [-0.1, -0.05) is 26.2 Å². The molecule has 1 aliphatic carbocycles. The van der Waals surface area contributed by atoms with Crippen LogP contribution in [0.4, 0.5) is 0 Å². The Morgan fingerprint density at radius 1 is 1.42 bits per heavy atom. The molecule has 112 valence electrons. The van der Waals surface area contributed by atoms with Gasteiger partial charge < -0.3 is 10.4 Å². The summed E-state index contributed by atoms with van der Waals surface area (Å²) >= 11 is 2.10. The molecule has 4 heteroatoms. The summed E-state index contributed by atoms with van der Waals surface area (Å²) in [5.41, 5.74) is -0.760. The van der Waals surface area contributed by atoms with Gasteiger partial charge in [0.25, 0.3) is 0 Å². The van der Waals surface area contributed by atoms with Gasteiger partial charge in [0.05, 0.1) is 0 Å². The van der Waals surface area contributed by atoms with Crippen LogP contribution < -0.4 is 5.32 Å². The number of thioether (sulfide) groups is 1. The van der Waals surface area contributed by atoms with Gasteiger partial charge in [-0.25, -0.2) is 0 Å². The number of nitrogens with one attached hydrogen (secondary N) is 1. The van der Waals surface area contributed by atoms with Gasteiger partial charge in [-0.05, 0) is 51.3 Å². The van der Waals surface area contributed by atoms with Gasteiger partial charge in [-0.3, -0.25) is 4.79 Å². The third-order valence-electron chi connectivity index (χ3n) is 4.34. The van der Waals surface area contributed by atoms with Gasteiger partial charge in [0.15, 0.2) is 0 Å². The summed E-state index contributed by atoms with van der Waals surface area (Å²) in [5.74, 6) is 1.33. The van der Waals surface area contributed by atoms with Crippen LogP contribution in [0.25, 0.3) is 0 Å². The Labute approximate surface area is 121 Å². The maximum Gasteiger partial charge on any atom is 0.323 e. The van der Waals surface area contributed by atoms with Crippen LogP contribution in [-0.4, -0.2) is 34.7 Å². The van der Waals surface area contributed by atoms with E-state index in [1.165, 1.54) is 31.4 Å². The van der Waals surface area contributed by atoms with E-state index in [-0.39, 0.29) is 0 Å². The fraction of sp³-hybridized carbons (Fsp3) is 0.933. The fourth-order valence-corrected chi connectivity index (χ4v) is 4.20. The molecule has 0 amide bonds. The van der Waals surface area contributed by atoms with E-state index in [2.05, 4.69) is 24.0 Å². The summed E-state index contributed by atoms with van der Waals surface area (Å²) in [6, 6.07) is 0. The molecule has 1 aliphatic rings. The standard InChI is InChI=1S/C15H29NO2S/c1-12-7-6-8-13(11-12)19-10-5-4-9-15(2,16-3)14(17)18/h12-13,16H,4-11H2,1-3H3,(H,17,18). The van der Waals surface area contributed by atoms with Crippen molar-refractivity contribution in [2.24, 2.45) is 5.92 Å². The first-order valence-electron chi connectivity index (χ1n) is 7.52. The number of hydrogen-bond donors (Lipinski definition) is 2. The SMILES string of the molecule is CNC(C)(CCCCSC1CCCC(C)C1)C(=O)O. The molecule has 0 aromatic heterocycles. The van der Waals surface area contributed by atoms with Crippen LogP contribution in [0.1, 0.15) is 58.8 Å². The molecular weight excluding hydrogens is 258 g/mol. The van der Waals surface area contributed by atoms with Crippen molar-refractivity contribution in [3.8, 4) is 0 Å². The van der Waals surface area contributed by atoms with Gasteiger partial charge in [0.1, 0.15) is 5.54 Å². The van der Waals surface area contributed by atoms with Crippen LogP contribution in [0.2, 0.25) is 0 Å². The summed E-state index contributed by atoms with van der Waals surface area (Å²) in [7, 11) is 1.73. The number of carbonyl (C=O) groups is 1. The Kier molecular flexibility index (Phi) is 7.22. The zero-order chi connectivity index (χ0) is 14.3. The molecular formula is C15H29NO2S. The van der Waals surface area contributed by atoms with E-state index in [9.17, 15) is 4.79 Å². The lowest BCUT2D eigenvalue weighted by molar-refractivity contribution is -0.144. The molecule has 0 heterocycles. The number of carboxylic acids is 1. The lowest BCUT2D eigenvalue weighted by Gasteiger charge is -2.26. The monoisotopic (exact) mass is 287 g/mol. The predicted octanol–water partition coefficient (Wildman–Crippen LogP) is 3.53. The second kappa shape index (κ2) is 8.15. The molecule has 3 atom stereocenters. The maximum absolute atomic E-state index is 11.1. The van der Waals surface area contributed by atoms with Gasteiger partial charge in [-0.15, -0.1) is 0 Å². The lowest BCUT2D eigenvalue weighted by atomic mass is 9.91. The molecule has 0 radical (unpaired) electrons. The number of carboxylic acid groups (broad SMARTS) is 1. The van der Waals surface area contributed by atoms with Crippen LogP contribution in [0.5, 0.6) is 0 Å². The third-order valence-corrected chi connectivity index (χ3v) is 5.76. The van der Waals surface area contributed by atoms with E-state index >= 15 is 0 Å². The van der Waals surface area contributed by atoms with E-state index in [0.29, 0.717) is 6.42 Å². The third kappa shape index (κ3) is 5.74. The molecule has 3 unspecified atom stereocenters. The Morgan fingerprint density at radius 3 is 2.74 bits per heavy atom. The van der Waals surface area contributed by atoms with Crippen LogP contribution in [0, 0.1) is 5.92 Å². The van der Waals surface area contributed by atoms with Crippen molar-refractivity contribution in [2.75, 3.05) is 12.8 Å². The summed E-state index contributed by atoms with van der Waals surface area (Å²) in [4.78, 5) is 11.1. The van der Waals surface area contributed by atoms with Crippen LogP contribution in [-0.2, 0) is 4.79 Å². The molecule has 2 N–H and O–H groups in total.